The largest absolute Gasteiger partial charge is 0.295 e. The number of rotatable bonds is 7. The number of hydrogen-bond donors (Lipinski definition) is 0. The van der Waals surface area contributed by atoms with Crippen LogP contribution in [-0.2, 0) is 20.0 Å². The Balaban J connectivity index is 1.99. The Bertz CT molecular complexity index is 371. The normalized spacial score (nSPS) is 16.2. The summed E-state index contributed by atoms with van der Waals surface area (Å²) in [5, 5.41) is 4.53. The molecule has 0 N–H and O–H groups in total. The maximum Gasteiger partial charge on any atom is 0.0625 e. The lowest BCUT2D eigenvalue weighted by Crippen LogP contribution is -2.40. The molecule has 0 spiro atoms. The lowest BCUT2D eigenvalue weighted by Gasteiger charge is -2.37. The maximum atomic E-state index is 5.83. The van der Waals surface area contributed by atoms with Crippen molar-refractivity contribution in [1.29, 1.82) is 0 Å². The van der Waals surface area contributed by atoms with E-state index in [0.717, 1.165) is 37.9 Å². The van der Waals surface area contributed by atoms with Gasteiger partial charge in [-0.1, -0.05) is 13.3 Å². The summed E-state index contributed by atoms with van der Waals surface area (Å²) in [7, 11) is 2.05. The monoisotopic (exact) mass is 269 g/mol. The fourth-order valence-corrected chi connectivity index (χ4v) is 2.63. The summed E-state index contributed by atoms with van der Waals surface area (Å²) >= 11 is 5.83. The van der Waals surface area contributed by atoms with Crippen LogP contribution in [-0.4, -0.2) is 33.1 Å². The molecule has 1 heterocycles. The number of nitrogens with zero attached hydrogens (tertiary/aromatic N) is 3. The summed E-state index contributed by atoms with van der Waals surface area (Å²) in [5.74, 6) is 0.759. The second-order valence-electron chi connectivity index (χ2n) is 5.20. The van der Waals surface area contributed by atoms with Gasteiger partial charge >= 0.3 is 0 Å². The molecule has 4 heteroatoms. The third-order valence-electron chi connectivity index (χ3n) is 3.92. The molecule has 1 saturated carbocycles. The summed E-state index contributed by atoms with van der Waals surface area (Å²) in [6, 6.07) is 3.01. The molecular formula is C14H24ClN3. The van der Waals surface area contributed by atoms with Gasteiger partial charge in [-0.05, 0) is 38.3 Å². The summed E-state index contributed by atoms with van der Waals surface area (Å²) < 4.78 is 2.03. The lowest BCUT2D eigenvalue weighted by atomic mass is 9.91. The first kappa shape index (κ1) is 13.9. The smallest absolute Gasteiger partial charge is 0.0625 e. The Morgan fingerprint density at radius 2 is 2.28 bits per heavy atom. The second-order valence-corrected chi connectivity index (χ2v) is 5.58. The van der Waals surface area contributed by atoms with Crippen LogP contribution in [0.25, 0.3) is 0 Å². The van der Waals surface area contributed by atoms with Gasteiger partial charge in [-0.3, -0.25) is 9.58 Å². The topological polar surface area (TPSA) is 21.1 Å². The molecule has 2 rings (SSSR count). The van der Waals surface area contributed by atoms with Gasteiger partial charge in [0.2, 0.25) is 0 Å². The molecule has 1 aromatic rings. The lowest BCUT2D eigenvalue weighted by molar-refractivity contribution is 0.117. The molecule has 1 aliphatic carbocycles. The molecule has 0 radical (unpaired) electrons. The van der Waals surface area contributed by atoms with Crippen LogP contribution in [0.15, 0.2) is 6.07 Å². The first-order chi connectivity index (χ1) is 8.74. The van der Waals surface area contributed by atoms with Crippen molar-refractivity contribution in [3.8, 4) is 0 Å². The van der Waals surface area contributed by atoms with Gasteiger partial charge < -0.3 is 0 Å². The minimum absolute atomic E-state index is 0.759. The summed E-state index contributed by atoms with van der Waals surface area (Å²) in [5.41, 5.74) is 2.52. The van der Waals surface area contributed by atoms with E-state index in [1.807, 2.05) is 4.68 Å². The van der Waals surface area contributed by atoms with Crippen LogP contribution >= 0.6 is 11.6 Å². The van der Waals surface area contributed by atoms with Crippen LogP contribution in [0.2, 0.25) is 0 Å². The average molecular weight is 270 g/mol. The number of aromatic nitrogens is 2. The predicted molar refractivity (Wildman–Crippen MR) is 76.0 cm³/mol. The number of aryl methyl sites for hydroxylation is 2. The predicted octanol–water partition coefficient (Wildman–Crippen LogP) is 2.97. The minimum Gasteiger partial charge on any atom is -0.295 e. The van der Waals surface area contributed by atoms with Crippen LogP contribution in [0.5, 0.6) is 0 Å². The third kappa shape index (κ3) is 3.27. The fourth-order valence-electron chi connectivity index (χ4n) is 2.51. The molecule has 102 valence electrons. The number of hydrogen-bond acceptors (Lipinski definition) is 2. The summed E-state index contributed by atoms with van der Waals surface area (Å²) in [6.45, 7) is 4.29. The van der Waals surface area contributed by atoms with E-state index < -0.39 is 0 Å². The van der Waals surface area contributed by atoms with Crippen molar-refractivity contribution in [2.75, 3.05) is 12.4 Å². The minimum atomic E-state index is 0.759. The van der Waals surface area contributed by atoms with Crippen molar-refractivity contribution in [2.45, 2.75) is 51.6 Å². The molecule has 1 aliphatic rings. The highest BCUT2D eigenvalue weighted by Crippen LogP contribution is 2.26. The molecule has 0 aliphatic heterocycles. The van der Waals surface area contributed by atoms with Crippen molar-refractivity contribution in [1.82, 2.24) is 14.7 Å². The van der Waals surface area contributed by atoms with Crippen molar-refractivity contribution in [2.24, 2.45) is 7.05 Å². The molecule has 0 saturated heterocycles. The molecule has 0 bridgehead atoms. The summed E-state index contributed by atoms with van der Waals surface area (Å²) in [6.07, 6.45) is 6.17. The van der Waals surface area contributed by atoms with Crippen LogP contribution in [0.3, 0.4) is 0 Å². The molecule has 1 aromatic heterocycles. The van der Waals surface area contributed by atoms with Gasteiger partial charge in [-0.2, -0.15) is 5.10 Å². The van der Waals surface area contributed by atoms with E-state index >= 15 is 0 Å². The van der Waals surface area contributed by atoms with E-state index in [0.29, 0.717) is 0 Å². The zero-order chi connectivity index (χ0) is 13.0. The third-order valence-corrected chi connectivity index (χ3v) is 4.19. The van der Waals surface area contributed by atoms with E-state index in [1.165, 1.54) is 30.7 Å². The molecule has 0 atom stereocenters. The van der Waals surface area contributed by atoms with Crippen LogP contribution < -0.4 is 0 Å². The van der Waals surface area contributed by atoms with Crippen LogP contribution in [0, 0.1) is 0 Å². The van der Waals surface area contributed by atoms with Crippen molar-refractivity contribution < 1.29 is 0 Å². The SMILES string of the molecule is CCc1cc(CN(CCCCl)C2CCC2)n(C)n1. The van der Waals surface area contributed by atoms with E-state index in [9.17, 15) is 0 Å². The molecule has 0 amide bonds. The van der Waals surface area contributed by atoms with E-state index in [2.05, 4.69) is 30.0 Å². The Labute approximate surface area is 115 Å². The van der Waals surface area contributed by atoms with E-state index in [1.54, 1.807) is 0 Å². The first-order valence-corrected chi connectivity index (χ1v) is 7.59. The quantitative estimate of drug-likeness (QED) is 0.710. The van der Waals surface area contributed by atoms with Gasteiger partial charge in [0.15, 0.2) is 0 Å². The van der Waals surface area contributed by atoms with Crippen LogP contribution in [0.4, 0.5) is 0 Å². The highest BCUT2D eigenvalue weighted by atomic mass is 35.5. The highest BCUT2D eigenvalue weighted by molar-refractivity contribution is 6.17. The van der Waals surface area contributed by atoms with Gasteiger partial charge in [-0.15, -0.1) is 11.6 Å². The Morgan fingerprint density at radius 1 is 1.50 bits per heavy atom. The maximum absolute atomic E-state index is 5.83. The van der Waals surface area contributed by atoms with Gasteiger partial charge in [0.25, 0.3) is 0 Å². The number of halogens is 1. The van der Waals surface area contributed by atoms with Gasteiger partial charge in [0, 0.05) is 25.5 Å². The Kier molecular flexibility index (Phi) is 5.07. The van der Waals surface area contributed by atoms with E-state index in [-0.39, 0.29) is 0 Å². The first-order valence-electron chi connectivity index (χ1n) is 7.06. The molecule has 1 fully saturated rings. The molecule has 3 nitrogen and oxygen atoms in total. The molecule has 18 heavy (non-hydrogen) atoms. The van der Waals surface area contributed by atoms with E-state index in [4.69, 9.17) is 11.6 Å². The average Bonchev–Trinajstić information content (AvgIpc) is 2.65. The highest BCUT2D eigenvalue weighted by Gasteiger charge is 2.25. The van der Waals surface area contributed by atoms with Crippen LogP contribution in [0.1, 0.15) is 44.0 Å². The van der Waals surface area contributed by atoms with Crippen molar-refractivity contribution >= 4 is 11.6 Å². The molecule has 0 aromatic carbocycles. The van der Waals surface area contributed by atoms with Gasteiger partial charge in [0.05, 0.1) is 11.4 Å². The molecular weight excluding hydrogens is 246 g/mol. The van der Waals surface area contributed by atoms with Gasteiger partial charge in [0.1, 0.15) is 0 Å². The zero-order valence-corrected chi connectivity index (χ0v) is 12.3. The second kappa shape index (κ2) is 6.58. The Morgan fingerprint density at radius 3 is 2.78 bits per heavy atom. The molecule has 0 unspecified atom stereocenters. The van der Waals surface area contributed by atoms with Crippen molar-refractivity contribution in [3.63, 3.8) is 0 Å². The number of alkyl halides is 1. The fraction of sp³-hybridized carbons (Fsp3) is 0.786. The zero-order valence-electron chi connectivity index (χ0n) is 11.5. The standard InChI is InChI=1S/C14H24ClN3/c1-3-12-10-14(17(2)16-12)11-18(9-5-8-15)13-6-4-7-13/h10,13H,3-9,11H2,1-2H3. The van der Waals surface area contributed by atoms with Crippen molar-refractivity contribution in [3.05, 3.63) is 17.5 Å². The van der Waals surface area contributed by atoms with Gasteiger partial charge in [-0.25, -0.2) is 0 Å². The Hall–Kier alpha value is -0.540. The summed E-state index contributed by atoms with van der Waals surface area (Å²) in [4.78, 5) is 2.59.